The fourth-order valence-corrected chi connectivity index (χ4v) is 4.04. The van der Waals surface area contributed by atoms with Crippen molar-refractivity contribution in [3.63, 3.8) is 0 Å². The monoisotopic (exact) mass is 331 g/mol. The summed E-state index contributed by atoms with van der Waals surface area (Å²) < 4.78 is 6.98. The van der Waals surface area contributed by atoms with Crippen molar-refractivity contribution in [2.75, 3.05) is 7.11 Å². The predicted octanol–water partition coefficient (Wildman–Crippen LogP) is 0.574. The molecule has 88 valence electrons. The summed E-state index contributed by atoms with van der Waals surface area (Å²) >= 11 is 11.0. The molecule has 0 spiro atoms. The Morgan fingerprint density at radius 1 is 1.29 bits per heavy atom. The van der Waals surface area contributed by atoms with E-state index < -0.39 is 15.8 Å². The maximum atomic E-state index is 6.03. The molecular weight excluding hydrogens is 324 g/mol. The third-order valence-corrected chi connectivity index (χ3v) is 5.38. The van der Waals surface area contributed by atoms with Crippen LogP contribution in [0.15, 0.2) is 24.5 Å². The van der Waals surface area contributed by atoms with Gasteiger partial charge in [-0.05, 0) is 0 Å². The van der Waals surface area contributed by atoms with Gasteiger partial charge in [0.25, 0.3) is 0 Å². The number of halogens is 2. The first kappa shape index (κ1) is 12.6. The third-order valence-electron chi connectivity index (χ3n) is 1.93. The Hall–Kier alpha value is -0.832. The molecule has 2 heterocycles. The SMILES string of the molecule is COc1ncccc1[AsH]c1nc(Cl)ncc1Cl. The van der Waals surface area contributed by atoms with Gasteiger partial charge in [0.05, 0.1) is 0 Å². The Morgan fingerprint density at radius 2 is 2.12 bits per heavy atom. The van der Waals surface area contributed by atoms with Gasteiger partial charge in [-0.25, -0.2) is 0 Å². The zero-order valence-corrected chi connectivity index (χ0v) is 12.4. The van der Waals surface area contributed by atoms with E-state index >= 15 is 0 Å². The molecule has 0 aliphatic rings. The van der Waals surface area contributed by atoms with Crippen molar-refractivity contribution in [2.24, 2.45) is 0 Å². The molecule has 2 rings (SSSR count). The number of ether oxygens (including phenoxy) is 1. The second kappa shape index (κ2) is 5.67. The topological polar surface area (TPSA) is 47.9 Å². The number of hydrogen-bond donors (Lipinski definition) is 0. The normalized spacial score (nSPS) is 11.0. The van der Waals surface area contributed by atoms with Crippen LogP contribution in [0.5, 0.6) is 5.88 Å². The molecule has 0 bridgehead atoms. The number of aromatic nitrogens is 3. The molecular formula is C10H8AsCl2N3O. The molecule has 0 saturated heterocycles. The van der Waals surface area contributed by atoms with Crippen LogP contribution in [-0.4, -0.2) is 37.8 Å². The van der Waals surface area contributed by atoms with Gasteiger partial charge in [-0.2, -0.15) is 0 Å². The molecule has 4 nitrogen and oxygen atoms in total. The molecule has 17 heavy (non-hydrogen) atoms. The summed E-state index contributed by atoms with van der Waals surface area (Å²) in [4.78, 5) is 12.1. The minimum absolute atomic E-state index is 0.205. The third kappa shape index (κ3) is 3.09. The van der Waals surface area contributed by atoms with Crippen LogP contribution >= 0.6 is 23.2 Å². The van der Waals surface area contributed by atoms with E-state index in [-0.39, 0.29) is 5.28 Å². The molecule has 2 aromatic rings. The molecule has 1 atom stereocenters. The quantitative estimate of drug-likeness (QED) is 0.609. The van der Waals surface area contributed by atoms with Gasteiger partial charge in [-0.3, -0.25) is 0 Å². The van der Waals surface area contributed by atoms with Crippen molar-refractivity contribution in [2.45, 2.75) is 0 Å². The standard InChI is InChI=1S/C10H8AsCl2N3O/c1-17-9-6(3-2-4-14-9)11-8-7(12)5-15-10(13)16-8/h2-5,11H,1H3. The van der Waals surface area contributed by atoms with Crippen LogP contribution < -0.4 is 13.6 Å². The van der Waals surface area contributed by atoms with Gasteiger partial charge in [0.15, 0.2) is 0 Å². The molecule has 1 unspecified atom stereocenters. The summed E-state index contributed by atoms with van der Waals surface area (Å²) in [6.07, 6.45) is 3.20. The molecule has 0 saturated carbocycles. The molecule has 0 radical (unpaired) electrons. The van der Waals surface area contributed by atoms with Crippen LogP contribution in [0.2, 0.25) is 10.3 Å². The zero-order valence-electron chi connectivity index (χ0n) is 8.82. The Balaban J connectivity index is 2.34. The second-order valence-electron chi connectivity index (χ2n) is 3.02. The van der Waals surface area contributed by atoms with Gasteiger partial charge in [-0.15, -0.1) is 0 Å². The summed E-state index contributed by atoms with van der Waals surface area (Å²) in [6, 6.07) is 3.82. The zero-order chi connectivity index (χ0) is 12.3. The Labute approximate surface area is 115 Å². The average Bonchev–Trinajstić information content (AvgIpc) is 2.34. The molecule has 2 aromatic heterocycles. The molecule has 0 aliphatic carbocycles. The van der Waals surface area contributed by atoms with E-state index in [4.69, 9.17) is 27.9 Å². The van der Waals surface area contributed by atoms with Crippen molar-refractivity contribution >= 4 is 47.8 Å². The van der Waals surface area contributed by atoms with Crippen molar-refractivity contribution in [3.8, 4) is 5.88 Å². The van der Waals surface area contributed by atoms with Gasteiger partial charge in [-0.1, -0.05) is 0 Å². The van der Waals surface area contributed by atoms with Crippen LogP contribution in [0.4, 0.5) is 0 Å². The van der Waals surface area contributed by atoms with Crippen LogP contribution in [0.3, 0.4) is 0 Å². The summed E-state index contributed by atoms with van der Waals surface area (Å²) in [7, 11) is 1.59. The minimum atomic E-state index is -0.742. The molecule has 0 fully saturated rings. The number of rotatable bonds is 3. The van der Waals surface area contributed by atoms with Gasteiger partial charge in [0.2, 0.25) is 0 Å². The van der Waals surface area contributed by atoms with Gasteiger partial charge < -0.3 is 0 Å². The van der Waals surface area contributed by atoms with Gasteiger partial charge in [0.1, 0.15) is 0 Å². The number of pyridine rings is 1. The van der Waals surface area contributed by atoms with Crippen LogP contribution in [0, 0.1) is 0 Å². The first-order valence-electron chi connectivity index (χ1n) is 4.65. The first-order chi connectivity index (χ1) is 8.20. The molecule has 0 aliphatic heterocycles. The number of nitrogens with zero attached hydrogens (tertiary/aromatic N) is 3. The first-order valence-corrected chi connectivity index (χ1v) is 7.50. The Morgan fingerprint density at radius 3 is 2.88 bits per heavy atom. The summed E-state index contributed by atoms with van der Waals surface area (Å²) in [5.41, 5.74) is 0. The van der Waals surface area contributed by atoms with Crippen molar-refractivity contribution in [3.05, 3.63) is 34.8 Å². The molecule has 0 amide bonds. The fraction of sp³-hybridized carbons (Fsp3) is 0.100. The van der Waals surface area contributed by atoms with Crippen molar-refractivity contribution < 1.29 is 4.74 Å². The average molecular weight is 332 g/mol. The predicted molar refractivity (Wildman–Crippen MR) is 69.3 cm³/mol. The van der Waals surface area contributed by atoms with Crippen molar-refractivity contribution in [1.82, 2.24) is 15.0 Å². The van der Waals surface area contributed by atoms with Crippen molar-refractivity contribution in [1.29, 1.82) is 0 Å². The second-order valence-corrected chi connectivity index (χ2v) is 6.41. The van der Waals surface area contributed by atoms with E-state index in [2.05, 4.69) is 15.0 Å². The Kier molecular flexibility index (Phi) is 4.21. The maximum absolute atomic E-state index is 6.03. The molecule has 0 N–H and O–H groups in total. The summed E-state index contributed by atoms with van der Waals surface area (Å²) in [6.45, 7) is 0. The van der Waals surface area contributed by atoms with Crippen LogP contribution in [-0.2, 0) is 0 Å². The van der Waals surface area contributed by atoms with Crippen LogP contribution in [0.25, 0.3) is 0 Å². The van der Waals surface area contributed by atoms with E-state index in [0.29, 0.717) is 10.9 Å². The van der Waals surface area contributed by atoms with E-state index in [1.807, 2.05) is 12.1 Å². The van der Waals surface area contributed by atoms with E-state index in [0.717, 1.165) is 8.83 Å². The van der Waals surface area contributed by atoms with E-state index in [9.17, 15) is 0 Å². The van der Waals surface area contributed by atoms with Gasteiger partial charge >= 0.3 is 115 Å². The van der Waals surface area contributed by atoms with E-state index in [1.54, 1.807) is 13.3 Å². The Bertz CT molecular complexity index is 539. The van der Waals surface area contributed by atoms with Gasteiger partial charge in [0, 0.05) is 0 Å². The molecule has 7 heteroatoms. The van der Waals surface area contributed by atoms with Crippen LogP contribution in [0.1, 0.15) is 0 Å². The number of methoxy groups -OCH3 is 1. The van der Waals surface area contributed by atoms with E-state index in [1.165, 1.54) is 6.20 Å². The number of hydrogen-bond acceptors (Lipinski definition) is 4. The fourth-order valence-electron chi connectivity index (χ4n) is 1.21. The summed E-state index contributed by atoms with van der Waals surface area (Å²) in [5.74, 6) is 0.610. The summed E-state index contributed by atoms with van der Waals surface area (Å²) in [5, 5.41) is 0.733. The molecule has 0 aromatic carbocycles.